The molecule has 0 aliphatic carbocycles. The van der Waals surface area contributed by atoms with E-state index in [1.54, 1.807) is 0 Å². The molecule has 0 fully saturated rings. The topological polar surface area (TPSA) is 12.0 Å². The van der Waals surface area contributed by atoms with Gasteiger partial charge in [0.2, 0.25) is 0 Å². The van der Waals surface area contributed by atoms with Gasteiger partial charge in [-0.1, -0.05) is 0 Å². The van der Waals surface area contributed by atoms with Gasteiger partial charge in [0.15, 0.2) is 0 Å². The average molecular weight is 277 g/mol. The first kappa shape index (κ1) is 11.9. The SMILES string of the molecule is CCCC[Se]CNc1cccc(Cl)c1. The van der Waals surface area contributed by atoms with Crippen molar-refractivity contribution in [1.29, 1.82) is 0 Å². The van der Waals surface area contributed by atoms with E-state index >= 15 is 0 Å². The van der Waals surface area contributed by atoms with Crippen molar-refractivity contribution in [2.75, 3.05) is 10.8 Å². The summed E-state index contributed by atoms with van der Waals surface area (Å²) in [5, 5.41) is 5.56. The molecule has 0 saturated heterocycles. The molecule has 1 N–H and O–H groups in total. The van der Waals surface area contributed by atoms with Gasteiger partial charge in [-0.15, -0.1) is 0 Å². The predicted octanol–water partition coefficient (Wildman–Crippen LogP) is 3.63. The summed E-state index contributed by atoms with van der Waals surface area (Å²) >= 11 is 6.59. The molecule has 0 saturated carbocycles. The zero-order chi connectivity index (χ0) is 10.2. The maximum absolute atomic E-state index is 5.87. The van der Waals surface area contributed by atoms with E-state index in [0.29, 0.717) is 0 Å². The molecule has 0 unspecified atom stereocenters. The molecule has 0 spiro atoms. The molecule has 78 valence electrons. The summed E-state index contributed by atoms with van der Waals surface area (Å²) in [7, 11) is 0. The fourth-order valence-corrected chi connectivity index (χ4v) is 3.14. The summed E-state index contributed by atoms with van der Waals surface area (Å²) in [4.78, 5) is 0. The first-order valence-electron chi connectivity index (χ1n) is 4.90. The van der Waals surface area contributed by atoms with Gasteiger partial charge in [0, 0.05) is 0 Å². The summed E-state index contributed by atoms with van der Waals surface area (Å²) < 4.78 is 0. The molecule has 0 bridgehead atoms. The Morgan fingerprint density at radius 2 is 2.29 bits per heavy atom. The van der Waals surface area contributed by atoms with Gasteiger partial charge < -0.3 is 0 Å². The summed E-state index contributed by atoms with van der Waals surface area (Å²) in [5.74, 6) is 0. The van der Waals surface area contributed by atoms with Crippen LogP contribution >= 0.6 is 11.6 Å². The molecule has 0 aliphatic heterocycles. The molecule has 0 amide bonds. The van der Waals surface area contributed by atoms with E-state index in [1.807, 2.05) is 18.2 Å². The van der Waals surface area contributed by atoms with Crippen molar-refractivity contribution in [1.82, 2.24) is 0 Å². The van der Waals surface area contributed by atoms with Gasteiger partial charge in [-0.05, 0) is 0 Å². The van der Waals surface area contributed by atoms with Crippen molar-refractivity contribution in [3.63, 3.8) is 0 Å². The Balaban J connectivity index is 2.18. The first-order chi connectivity index (χ1) is 6.83. The number of nitrogens with one attached hydrogen (secondary N) is 1. The Bertz CT molecular complexity index is 265. The van der Waals surface area contributed by atoms with Crippen LogP contribution < -0.4 is 5.32 Å². The predicted molar refractivity (Wildman–Crippen MR) is 65.4 cm³/mol. The summed E-state index contributed by atoms with van der Waals surface area (Å²) in [6.07, 6.45) is 2.66. The maximum atomic E-state index is 5.87. The van der Waals surface area contributed by atoms with Gasteiger partial charge in [-0.25, -0.2) is 0 Å². The van der Waals surface area contributed by atoms with Gasteiger partial charge in [0.05, 0.1) is 0 Å². The number of anilines is 1. The van der Waals surface area contributed by atoms with Crippen LogP contribution in [-0.2, 0) is 0 Å². The zero-order valence-electron chi connectivity index (χ0n) is 8.42. The molecule has 0 atom stereocenters. The molecule has 1 nitrogen and oxygen atoms in total. The van der Waals surface area contributed by atoms with Crippen molar-refractivity contribution in [3.05, 3.63) is 29.3 Å². The number of rotatable bonds is 6. The fourth-order valence-electron chi connectivity index (χ4n) is 1.05. The second-order valence-corrected chi connectivity index (χ2v) is 5.85. The molecule has 0 aliphatic rings. The van der Waals surface area contributed by atoms with Gasteiger partial charge in [-0.2, -0.15) is 0 Å². The van der Waals surface area contributed by atoms with E-state index in [-0.39, 0.29) is 0 Å². The third kappa shape index (κ3) is 4.90. The molecular weight excluding hydrogens is 261 g/mol. The third-order valence-corrected chi connectivity index (χ3v) is 4.02. The van der Waals surface area contributed by atoms with Crippen LogP contribution in [0.2, 0.25) is 10.3 Å². The van der Waals surface area contributed by atoms with Crippen molar-refractivity contribution in [2.45, 2.75) is 25.1 Å². The molecule has 0 heterocycles. The Morgan fingerprint density at radius 1 is 1.43 bits per heavy atom. The number of hydrogen-bond acceptors (Lipinski definition) is 1. The summed E-state index contributed by atoms with van der Waals surface area (Å²) in [5.41, 5.74) is 2.24. The molecule has 3 heteroatoms. The van der Waals surface area contributed by atoms with Crippen LogP contribution in [-0.4, -0.2) is 20.4 Å². The Labute approximate surface area is 97.4 Å². The molecule has 1 aromatic rings. The Kier molecular flexibility index (Phi) is 6.09. The van der Waals surface area contributed by atoms with Crippen LogP contribution in [0.1, 0.15) is 19.8 Å². The minimum atomic E-state index is 0.721. The van der Waals surface area contributed by atoms with E-state index < -0.39 is 0 Å². The van der Waals surface area contributed by atoms with Gasteiger partial charge >= 0.3 is 97.4 Å². The van der Waals surface area contributed by atoms with Crippen LogP contribution in [0.25, 0.3) is 0 Å². The fraction of sp³-hybridized carbons (Fsp3) is 0.455. The van der Waals surface area contributed by atoms with Crippen molar-refractivity contribution >= 4 is 32.2 Å². The van der Waals surface area contributed by atoms with Crippen molar-refractivity contribution in [2.24, 2.45) is 0 Å². The molecule has 1 rings (SSSR count). The first-order valence-corrected chi connectivity index (χ1v) is 7.70. The summed E-state index contributed by atoms with van der Waals surface area (Å²) in [6, 6.07) is 7.90. The number of unbranched alkanes of at least 4 members (excludes halogenated alkanes) is 1. The second kappa shape index (κ2) is 7.16. The standard InChI is InChI=1S/C11H16ClNSe/c1-2-3-7-14-9-13-11-6-4-5-10(12)8-11/h4-6,8,13H,2-3,7,9H2,1H3. The van der Waals surface area contributed by atoms with E-state index in [0.717, 1.165) is 31.1 Å². The van der Waals surface area contributed by atoms with Crippen LogP contribution in [0.4, 0.5) is 5.69 Å². The van der Waals surface area contributed by atoms with Gasteiger partial charge in [0.1, 0.15) is 0 Å². The van der Waals surface area contributed by atoms with Crippen molar-refractivity contribution in [3.8, 4) is 0 Å². The van der Waals surface area contributed by atoms with Crippen LogP contribution in [0.3, 0.4) is 0 Å². The Hall–Kier alpha value is -0.171. The molecule has 0 aromatic heterocycles. The van der Waals surface area contributed by atoms with E-state index in [1.165, 1.54) is 18.2 Å². The minimum absolute atomic E-state index is 0.721. The summed E-state index contributed by atoms with van der Waals surface area (Å²) in [6.45, 7) is 2.24. The molecule has 14 heavy (non-hydrogen) atoms. The number of hydrogen-bond donors (Lipinski definition) is 1. The third-order valence-electron chi connectivity index (χ3n) is 1.85. The van der Waals surface area contributed by atoms with Gasteiger partial charge in [-0.3, -0.25) is 0 Å². The van der Waals surface area contributed by atoms with Crippen LogP contribution in [0.15, 0.2) is 24.3 Å². The monoisotopic (exact) mass is 277 g/mol. The van der Waals surface area contributed by atoms with E-state index in [9.17, 15) is 0 Å². The van der Waals surface area contributed by atoms with E-state index in [2.05, 4.69) is 18.3 Å². The van der Waals surface area contributed by atoms with Crippen LogP contribution in [0.5, 0.6) is 0 Å². The zero-order valence-corrected chi connectivity index (χ0v) is 10.9. The second-order valence-electron chi connectivity index (χ2n) is 3.09. The van der Waals surface area contributed by atoms with Crippen LogP contribution in [0, 0.1) is 0 Å². The van der Waals surface area contributed by atoms with Crippen molar-refractivity contribution < 1.29 is 0 Å². The normalized spacial score (nSPS) is 10.1. The molecular formula is C11H16ClNSe. The van der Waals surface area contributed by atoms with E-state index in [4.69, 9.17) is 11.6 Å². The Morgan fingerprint density at radius 3 is 3.00 bits per heavy atom. The molecule has 0 radical (unpaired) electrons. The quantitative estimate of drug-likeness (QED) is 0.618. The average Bonchev–Trinajstić information content (AvgIpc) is 2.18. The molecule has 1 aromatic carbocycles. The number of benzene rings is 1. The van der Waals surface area contributed by atoms with Gasteiger partial charge in [0.25, 0.3) is 0 Å². The number of halogens is 1.